The summed E-state index contributed by atoms with van der Waals surface area (Å²) in [4.78, 5) is 10.3. The zero-order chi connectivity index (χ0) is 12.1. The molecule has 0 aliphatic carbocycles. The molecule has 1 unspecified atom stereocenters. The number of aliphatic carboxylic acids is 1. The van der Waals surface area contributed by atoms with Crippen molar-refractivity contribution in [3.8, 4) is 0 Å². The van der Waals surface area contributed by atoms with Crippen molar-refractivity contribution in [2.45, 2.75) is 39.7 Å². The second-order valence-electron chi connectivity index (χ2n) is 4.13. The minimum absolute atomic E-state index is 0.0225. The quantitative estimate of drug-likeness (QED) is 0.686. The standard InChI is InChI=1S/C9H19NO4S/c1-7(2)6-15(13,14)10-8(3)4-5-9(11)12/h7-8,10H,4-6H2,1-3H3,(H,11,12). The lowest BCUT2D eigenvalue weighted by Crippen LogP contribution is -2.35. The number of hydrogen-bond donors (Lipinski definition) is 2. The van der Waals surface area contributed by atoms with E-state index in [-0.39, 0.29) is 24.1 Å². The van der Waals surface area contributed by atoms with Crippen molar-refractivity contribution >= 4 is 16.0 Å². The smallest absolute Gasteiger partial charge is 0.303 e. The maximum absolute atomic E-state index is 11.4. The summed E-state index contributed by atoms with van der Waals surface area (Å²) in [5.74, 6) is -0.774. The van der Waals surface area contributed by atoms with Crippen LogP contribution in [0.2, 0.25) is 0 Å². The van der Waals surface area contributed by atoms with Gasteiger partial charge in [0, 0.05) is 12.5 Å². The molecule has 90 valence electrons. The summed E-state index contributed by atoms with van der Waals surface area (Å²) in [5, 5.41) is 8.43. The third-order valence-corrected chi connectivity index (χ3v) is 3.59. The van der Waals surface area contributed by atoms with Crippen molar-refractivity contribution < 1.29 is 18.3 Å². The molecule has 0 bridgehead atoms. The van der Waals surface area contributed by atoms with E-state index in [4.69, 9.17) is 5.11 Å². The highest BCUT2D eigenvalue weighted by molar-refractivity contribution is 7.89. The van der Waals surface area contributed by atoms with Crippen LogP contribution in [0.4, 0.5) is 0 Å². The van der Waals surface area contributed by atoms with Crippen LogP contribution in [0.5, 0.6) is 0 Å². The first-order chi connectivity index (χ1) is 6.73. The van der Waals surface area contributed by atoms with Gasteiger partial charge < -0.3 is 5.11 Å². The van der Waals surface area contributed by atoms with E-state index in [0.717, 1.165) is 0 Å². The van der Waals surface area contributed by atoms with Gasteiger partial charge in [0.1, 0.15) is 0 Å². The maximum atomic E-state index is 11.4. The molecule has 0 spiro atoms. The lowest BCUT2D eigenvalue weighted by atomic mass is 10.2. The Labute approximate surface area is 90.9 Å². The van der Waals surface area contributed by atoms with E-state index in [2.05, 4.69) is 4.72 Å². The van der Waals surface area contributed by atoms with Crippen LogP contribution in [0.15, 0.2) is 0 Å². The zero-order valence-corrected chi connectivity index (χ0v) is 10.2. The number of carboxylic acid groups (broad SMARTS) is 1. The van der Waals surface area contributed by atoms with Gasteiger partial charge in [-0.2, -0.15) is 0 Å². The van der Waals surface area contributed by atoms with Gasteiger partial charge in [-0.25, -0.2) is 13.1 Å². The van der Waals surface area contributed by atoms with Crippen molar-refractivity contribution in [3.05, 3.63) is 0 Å². The minimum Gasteiger partial charge on any atom is -0.481 e. The van der Waals surface area contributed by atoms with Gasteiger partial charge in [0.15, 0.2) is 0 Å². The summed E-state index contributed by atoms with van der Waals surface area (Å²) in [6.45, 7) is 5.31. The van der Waals surface area contributed by atoms with Gasteiger partial charge >= 0.3 is 5.97 Å². The van der Waals surface area contributed by atoms with Crippen molar-refractivity contribution in [1.29, 1.82) is 0 Å². The predicted octanol–water partition coefficient (Wildman–Crippen LogP) is 0.815. The van der Waals surface area contributed by atoms with Crippen molar-refractivity contribution in [1.82, 2.24) is 4.72 Å². The molecule has 0 rings (SSSR count). The molecule has 0 aromatic heterocycles. The summed E-state index contributed by atoms with van der Waals surface area (Å²) in [6, 6.07) is -0.329. The molecular weight excluding hydrogens is 218 g/mol. The lowest BCUT2D eigenvalue weighted by Gasteiger charge is -2.14. The summed E-state index contributed by atoms with van der Waals surface area (Å²) in [6.07, 6.45) is 0.290. The third kappa shape index (κ3) is 8.38. The van der Waals surface area contributed by atoms with Crippen LogP contribution in [-0.2, 0) is 14.8 Å². The molecule has 0 aromatic rings. The van der Waals surface area contributed by atoms with Crippen LogP contribution in [-0.4, -0.2) is 31.3 Å². The van der Waals surface area contributed by atoms with E-state index in [1.165, 1.54) is 0 Å². The van der Waals surface area contributed by atoms with Crippen LogP contribution in [0, 0.1) is 5.92 Å². The Kier molecular flexibility index (Phi) is 5.82. The fourth-order valence-corrected chi connectivity index (χ4v) is 2.90. The molecule has 0 aliphatic rings. The van der Waals surface area contributed by atoms with Crippen LogP contribution >= 0.6 is 0 Å². The van der Waals surface area contributed by atoms with Crippen molar-refractivity contribution in [2.75, 3.05) is 5.75 Å². The molecule has 0 fully saturated rings. The summed E-state index contributed by atoms with van der Waals surface area (Å²) in [5.41, 5.74) is 0. The Morgan fingerprint density at radius 1 is 1.33 bits per heavy atom. The van der Waals surface area contributed by atoms with E-state index >= 15 is 0 Å². The Morgan fingerprint density at radius 2 is 1.87 bits per heavy atom. The highest BCUT2D eigenvalue weighted by atomic mass is 32.2. The average Bonchev–Trinajstić information content (AvgIpc) is 1.96. The van der Waals surface area contributed by atoms with Crippen LogP contribution in [0.3, 0.4) is 0 Å². The van der Waals surface area contributed by atoms with E-state index in [1.807, 2.05) is 13.8 Å². The molecule has 0 saturated heterocycles. The molecule has 0 heterocycles. The summed E-state index contributed by atoms with van der Waals surface area (Å²) < 4.78 is 25.3. The lowest BCUT2D eigenvalue weighted by molar-refractivity contribution is -0.137. The second kappa shape index (κ2) is 6.07. The normalized spacial score (nSPS) is 14.1. The van der Waals surface area contributed by atoms with Gasteiger partial charge in [0.05, 0.1) is 5.75 Å². The van der Waals surface area contributed by atoms with Gasteiger partial charge in [-0.15, -0.1) is 0 Å². The van der Waals surface area contributed by atoms with Gasteiger partial charge in [0.2, 0.25) is 10.0 Å². The van der Waals surface area contributed by atoms with E-state index < -0.39 is 16.0 Å². The summed E-state index contributed by atoms with van der Waals surface area (Å²) in [7, 11) is -3.27. The van der Waals surface area contributed by atoms with Crippen LogP contribution < -0.4 is 4.72 Å². The molecule has 6 heteroatoms. The maximum Gasteiger partial charge on any atom is 0.303 e. The Hall–Kier alpha value is -0.620. The van der Waals surface area contributed by atoms with Crippen molar-refractivity contribution in [2.24, 2.45) is 5.92 Å². The summed E-state index contributed by atoms with van der Waals surface area (Å²) >= 11 is 0. The molecule has 0 amide bonds. The first-order valence-corrected chi connectivity index (χ1v) is 6.60. The fourth-order valence-electron chi connectivity index (χ4n) is 1.19. The third-order valence-electron chi connectivity index (χ3n) is 1.72. The number of nitrogens with one attached hydrogen (secondary N) is 1. The molecule has 0 aliphatic heterocycles. The topological polar surface area (TPSA) is 83.5 Å². The molecule has 1 atom stereocenters. The number of carbonyl (C=O) groups is 1. The largest absolute Gasteiger partial charge is 0.481 e. The monoisotopic (exact) mass is 237 g/mol. The zero-order valence-electron chi connectivity index (χ0n) is 9.36. The Balaban J connectivity index is 4.05. The van der Waals surface area contributed by atoms with Gasteiger partial charge in [0.25, 0.3) is 0 Å². The molecule has 2 N–H and O–H groups in total. The Morgan fingerprint density at radius 3 is 2.27 bits per heavy atom. The predicted molar refractivity (Wildman–Crippen MR) is 58.1 cm³/mol. The molecule has 5 nitrogen and oxygen atoms in total. The second-order valence-corrected chi connectivity index (χ2v) is 5.93. The highest BCUT2D eigenvalue weighted by Crippen LogP contribution is 2.02. The van der Waals surface area contributed by atoms with E-state index in [9.17, 15) is 13.2 Å². The van der Waals surface area contributed by atoms with Gasteiger partial charge in [-0.05, 0) is 19.3 Å². The number of sulfonamides is 1. The number of rotatable bonds is 7. The van der Waals surface area contributed by atoms with Gasteiger partial charge in [-0.1, -0.05) is 13.8 Å². The van der Waals surface area contributed by atoms with Crippen LogP contribution in [0.25, 0.3) is 0 Å². The van der Waals surface area contributed by atoms with E-state index in [1.54, 1.807) is 6.92 Å². The first-order valence-electron chi connectivity index (χ1n) is 4.94. The molecule has 0 saturated carbocycles. The minimum atomic E-state index is -3.27. The van der Waals surface area contributed by atoms with Crippen molar-refractivity contribution in [3.63, 3.8) is 0 Å². The molecular formula is C9H19NO4S. The molecule has 15 heavy (non-hydrogen) atoms. The highest BCUT2D eigenvalue weighted by Gasteiger charge is 2.16. The number of carboxylic acids is 1. The molecule has 0 aromatic carbocycles. The van der Waals surface area contributed by atoms with E-state index in [0.29, 0.717) is 6.42 Å². The number of hydrogen-bond acceptors (Lipinski definition) is 3. The van der Waals surface area contributed by atoms with Crippen LogP contribution in [0.1, 0.15) is 33.6 Å². The first kappa shape index (κ1) is 14.4. The molecule has 0 radical (unpaired) electrons. The fraction of sp³-hybridized carbons (Fsp3) is 0.889. The van der Waals surface area contributed by atoms with Gasteiger partial charge in [-0.3, -0.25) is 4.79 Å². The average molecular weight is 237 g/mol. The Bertz CT molecular complexity index is 297. The SMILES string of the molecule is CC(C)CS(=O)(=O)NC(C)CCC(=O)O.